The van der Waals surface area contributed by atoms with Crippen LogP contribution in [0.3, 0.4) is 0 Å². The molecule has 4 unspecified atom stereocenters. The average Bonchev–Trinajstić information content (AvgIpc) is 2.96. The average molecular weight is 545 g/mol. The Balaban J connectivity index is 1.19. The highest BCUT2D eigenvalue weighted by molar-refractivity contribution is 5.75. The molecule has 0 spiro atoms. The molecule has 3 saturated carbocycles. The smallest absolute Gasteiger partial charge is 0.314 e. The molecular formula is C34H50F2O3. The molecule has 4 atom stereocenters. The topological polar surface area (TPSA) is 35.5 Å². The zero-order chi connectivity index (χ0) is 27.6. The van der Waals surface area contributed by atoms with Crippen molar-refractivity contribution in [3.8, 4) is 11.5 Å². The number of benzene rings is 1. The Hall–Kier alpha value is -1.91. The summed E-state index contributed by atoms with van der Waals surface area (Å²) < 4.78 is 39.4. The molecule has 0 aromatic heterocycles. The third kappa shape index (κ3) is 8.30. The monoisotopic (exact) mass is 544 g/mol. The van der Waals surface area contributed by atoms with E-state index in [1.807, 2.05) is 6.92 Å². The van der Waals surface area contributed by atoms with Gasteiger partial charge in [0, 0.05) is 0 Å². The lowest BCUT2D eigenvalue weighted by atomic mass is 9.60. The van der Waals surface area contributed by atoms with Crippen LogP contribution in [0, 0.1) is 47.1 Å². The molecular weight excluding hydrogens is 494 g/mol. The van der Waals surface area contributed by atoms with Crippen LogP contribution >= 0.6 is 0 Å². The van der Waals surface area contributed by atoms with Crippen LogP contribution in [-0.2, 0) is 4.79 Å². The third-order valence-electron chi connectivity index (χ3n) is 10.0. The molecule has 39 heavy (non-hydrogen) atoms. The normalized spacial score (nSPS) is 29.2. The van der Waals surface area contributed by atoms with Crippen molar-refractivity contribution < 1.29 is 23.0 Å². The fourth-order valence-corrected chi connectivity index (χ4v) is 7.71. The zero-order valence-corrected chi connectivity index (χ0v) is 24.3. The lowest BCUT2D eigenvalue weighted by Gasteiger charge is -2.45. The molecule has 0 heterocycles. The number of hydrogen-bond donors (Lipinski definition) is 0. The summed E-state index contributed by atoms with van der Waals surface area (Å²) >= 11 is 0. The number of esters is 1. The number of ether oxygens (including phenoxy) is 2. The van der Waals surface area contributed by atoms with Gasteiger partial charge >= 0.3 is 5.97 Å². The van der Waals surface area contributed by atoms with Crippen molar-refractivity contribution in [3.05, 3.63) is 35.9 Å². The van der Waals surface area contributed by atoms with E-state index >= 15 is 0 Å². The maximum absolute atomic E-state index is 14.5. The summed E-state index contributed by atoms with van der Waals surface area (Å²) in [7, 11) is 0. The van der Waals surface area contributed by atoms with Gasteiger partial charge in [-0.05, 0) is 106 Å². The van der Waals surface area contributed by atoms with Gasteiger partial charge in [-0.1, -0.05) is 64.0 Å². The molecule has 0 N–H and O–H groups in total. The van der Waals surface area contributed by atoms with Gasteiger partial charge in [-0.15, -0.1) is 0 Å². The minimum atomic E-state index is -1.17. The van der Waals surface area contributed by atoms with Crippen molar-refractivity contribution >= 4 is 5.97 Å². The molecule has 3 fully saturated rings. The summed E-state index contributed by atoms with van der Waals surface area (Å²) in [6.45, 7) is 4.26. The molecule has 4 rings (SSSR count). The predicted octanol–water partition coefficient (Wildman–Crippen LogP) is 9.82. The molecule has 3 aliphatic carbocycles. The highest BCUT2D eigenvalue weighted by Crippen LogP contribution is 2.49. The lowest BCUT2D eigenvalue weighted by molar-refractivity contribution is -0.140. The van der Waals surface area contributed by atoms with E-state index in [-0.39, 0.29) is 24.0 Å². The van der Waals surface area contributed by atoms with Crippen molar-refractivity contribution in [2.75, 3.05) is 6.61 Å². The van der Waals surface area contributed by atoms with Crippen LogP contribution in [0.15, 0.2) is 24.3 Å². The maximum atomic E-state index is 14.5. The van der Waals surface area contributed by atoms with Gasteiger partial charge in [-0.3, -0.25) is 4.79 Å². The minimum absolute atomic E-state index is 0.150. The fourth-order valence-electron chi connectivity index (χ4n) is 7.71. The van der Waals surface area contributed by atoms with Crippen molar-refractivity contribution in [2.24, 2.45) is 35.5 Å². The number of hydrogen-bond acceptors (Lipinski definition) is 3. The first-order valence-corrected chi connectivity index (χ1v) is 15.9. The summed E-state index contributed by atoms with van der Waals surface area (Å²) in [6, 6.07) is 2.60. The molecule has 1 aromatic carbocycles. The number of rotatable bonds is 12. The number of halogens is 2. The Morgan fingerprint density at radius 1 is 0.821 bits per heavy atom. The first-order chi connectivity index (χ1) is 19.0. The number of allylic oxidation sites excluding steroid dienone is 1. The lowest BCUT2D eigenvalue weighted by Crippen LogP contribution is -2.35. The van der Waals surface area contributed by atoms with E-state index in [0.717, 1.165) is 49.4 Å². The summed E-state index contributed by atoms with van der Waals surface area (Å²) in [6.07, 6.45) is 23.9. The van der Waals surface area contributed by atoms with Gasteiger partial charge in [0.05, 0.1) is 5.92 Å². The Morgan fingerprint density at radius 2 is 1.44 bits per heavy atom. The van der Waals surface area contributed by atoms with E-state index in [4.69, 9.17) is 9.47 Å². The van der Waals surface area contributed by atoms with Gasteiger partial charge in [-0.2, -0.15) is 8.78 Å². The Morgan fingerprint density at radius 3 is 2.18 bits per heavy atom. The van der Waals surface area contributed by atoms with E-state index in [2.05, 4.69) is 6.92 Å². The standard InChI is InChI=1S/C34H50F2O3/c1-3-5-7-8-9-10-24-11-12-29-23-28(18-17-27(29)22-24)25-13-15-26(16-14-25)34(37)39-31-20-19-30(32(35)33(31)36)38-21-6-4-2/h4,6,19-20,24-29H,3,5,7-18,21-23H2,1-2H3/b6-4+. The van der Waals surface area contributed by atoms with Crippen molar-refractivity contribution in [1.82, 2.24) is 0 Å². The van der Waals surface area contributed by atoms with Crippen LogP contribution in [0.1, 0.15) is 117 Å². The second-order valence-corrected chi connectivity index (χ2v) is 12.6. The molecule has 218 valence electrons. The molecule has 0 bridgehead atoms. The molecule has 0 saturated heterocycles. The fraction of sp³-hybridized carbons (Fsp3) is 0.735. The van der Waals surface area contributed by atoms with E-state index in [1.165, 1.54) is 89.2 Å². The quantitative estimate of drug-likeness (QED) is 0.114. The van der Waals surface area contributed by atoms with Crippen molar-refractivity contribution in [1.29, 1.82) is 0 Å². The van der Waals surface area contributed by atoms with Gasteiger partial charge in [0.2, 0.25) is 11.6 Å². The van der Waals surface area contributed by atoms with Gasteiger partial charge in [0.25, 0.3) is 0 Å². The number of fused-ring (bicyclic) bond motifs is 1. The molecule has 0 radical (unpaired) electrons. The zero-order valence-electron chi connectivity index (χ0n) is 24.3. The summed E-state index contributed by atoms with van der Waals surface area (Å²) in [5.74, 6) is 0.787. The molecule has 0 aliphatic heterocycles. The van der Waals surface area contributed by atoms with E-state index < -0.39 is 17.6 Å². The van der Waals surface area contributed by atoms with Crippen LogP contribution in [0.25, 0.3) is 0 Å². The largest absolute Gasteiger partial charge is 0.486 e. The Bertz CT molecular complexity index is 937. The summed E-state index contributed by atoms with van der Waals surface area (Å²) in [4.78, 5) is 12.8. The highest BCUT2D eigenvalue weighted by atomic mass is 19.2. The molecule has 0 amide bonds. The van der Waals surface area contributed by atoms with Gasteiger partial charge in [-0.25, -0.2) is 0 Å². The van der Waals surface area contributed by atoms with Crippen LogP contribution < -0.4 is 9.47 Å². The van der Waals surface area contributed by atoms with Crippen molar-refractivity contribution in [2.45, 2.75) is 117 Å². The van der Waals surface area contributed by atoms with E-state index in [9.17, 15) is 13.6 Å². The highest BCUT2D eigenvalue weighted by Gasteiger charge is 2.39. The van der Waals surface area contributed by atoms with Crippen LogP contribution in [0.4, 0.5) is 8.78 Å². The third-order valence-corrected chi connectivity index (χ3v) is 10.0. The second-order valence-electron chi connectivity index (χ2n) is 12.6. The maximum Gasteiger partial charge on any atom is 0.314 e. The number of carbonyl (C=O) groups excluding carboxylic acids is 1. The molecule has 5 heteroatoms. The molecule has 3 nitrogen and oxygen atoms in total. The summed E-state index contributed by atoms with van der Waals surface area (Å²) in [5, 5.41) is 0. The van der Waals surface area contributed by atoms with Crippen LogP contribution in [0.5, 0.6) is 11.5 Å². The number of unbranched alkanes of at least 4 members (excludes halogenated alkanes) is 4. The van der Waals surface area contributed by atoms with Crippen molar-refractivity contribution in [3.63, 3.8) is 0 Å². The summed E-state index contributed by atoms with van der Waals surface area (Å²) in [5.41, 5.74) is 0. The van der Waals surface area contributed by atoms with Gasteiger partial charge in [0.15, 0.2) is 11.5 Å². The minimum Gasteiger partial charge on any atom is -0.486 e. The molecule has 3 aliphatic rings. The first kappa shape index (κ1) is 30.1. The van der Waals surface area contributed by atoms with E-state index in [1.54, 1.807) is 12.2 Å². The van der Waals surface area contributed by atoms with E-state index in [0.29, 0.717) is 5.92 Å². The predicted molar refractivity (Wildman–Crippen MR) is 153 cm³/mol. The number of carbonyl (C=O) groups is 1. The SMILES string of the molecule is C/C=C/COc1ccc(OC(=O)C2CCC(C3CCC4CC(CCCCCCC)CCC4C3)CC2)c(F)c1F. The second kappa shape index (κ2) is 15.2. The molecule has 1 aromatic rings. The van der Waals surface area contributed by atoms with Crippen LogP contribution in [0.2, 0.25) is 0 Å². The van der Waals surface area contributed by atoms with Gasteiger partial charge in [0.1, 0.15) is 6.61 Å². The first-order valence-electron chi connectivity index (χ1n) is 15.9. The Labute approximate surface area is 235 Å². The van der Waals surface area contributed by atoms with Gasteiger partial charge < -0.3 is 9.47 Å². The van der Waals surface area contributed by atoms with Crippen LogP contribution in [-0.4, -0.2) is 12.6 Å². The Kier molecular flexibility index (Phi) is 11.7.